The molecule has 0 unspecified atom stereocenters. The molecule has 1 aromatic carbocycles. The maximum atomic E-state index is 12.5. The van der Waals surface area contributed by atoms with Gasteiger partial charge in [0.1, 0.15) is 5.82 Å². The molecule has 1 N–H and O–H groups in total. The number of hydrogen-bond donors (Lipinski definition) is 1. The van der Waals surface area contributed by atoms with Crippen LogP contribution in [0.2, 0.25) is 0 Å². The third-order valence-electron chi connectivity index (χ3n) is 1.21. The molecule has 0 saturated carbocycles. The number of halogens is 1. The van der Waals surface area contributed by atoms with Crippen molar-refractivity contribution in [3.63, 3.8) is 0 Å². The Bertz CT molecular complexity index is 318. The van der Waals surface area contributed by atoms with Crippen LogP contribution in [-0.2, 0) is 4.79 Å². The normalized spacial score (nSPS) is 10.4. The minimum Gasteiger partial charge on any atom is -0.478 e. The molecule has 1 rings (SSSR count). The van der Waals surface area contributed by atoms with Crippen molar-refractivity contribution < 1.29 is 14.3 Å². The van der Waals surface area contributed by atoms with Crippen molar-refractivity contribution in [2.45, 2.75) is 0 Å². The van der Waals surface area contributed by atoms with Gasteiger partial charge >= 0.3 is 5.97 Å². The Morgan fingerprint density at radius 1 is 1.67 bits per heavy atom. The van der Waals surface area contributed by atoms with Gasteiger partial charge in [0.05, 0.1) is 0 Å². The molecule has 0 atom stereocenters. The molecule has 0 aromatic heterocycles. The van der Waals surface area contributed by atoms with Crippen LogP contribution < -0.4 is 0 Å². The largest absolute Gasteiger partial charge is 0.478 e. The Morgan fingerprint density at radius 3 is 3.00 bits per heavy atom. The summed E-state index contributed by atoms with van der Waals surface area (Å²) in [5.74, 6) is -1.55. The molecule has 0 amide bonds. The summed E-state index contributed by atoms with van der Waals surface area (Å²) >= 11 is 0. The highest BCUT2D eigenvalue weighted by atomic mass is 19.1. The molecule has 0 aliphatic heterocycles. The van der Waals surface area contributed by atoms with E-state index in [-0.39, 0.29) is 0 Å². The molecule has 0 spiro atoms. The number of benzene rings is 1. The van der Waals surface area contributed by atoms with E-state index in [4.69, 9.17) is 5.11 Å². The summed E-state index contributed by atoms with van der Waals surface area (Å²) in [4.78, 5) is 10.1. The topological polar surface area (TPSA) is 37.3 Å². The van der Waals surface area contributed by atoms with Crippen LogP contribution in [0.15, 0.2) is 24.3 Å². The Balaban J connectivity index is 2.83. The molecule has 1 aromatic rings. The van der Waals surface area contributed by atoms with E-state index in [1.807, 2.05) is 0 Å². The van der Waals surface area contributed by atoms with Gasteiger partial charge in [-0.3, -0.25) is 0 Å². The van der Waals surface area contributed by atoms with E-state index in [0.29, 0.717) is 5.56 Å². The SMILES string of the molecule is O=C(O)/C=C/c1cc[c]c(F)c1. The predicted molar refractivity (Wildman–Crippen MR) is 41.9 cm³/mol. The first-order chi connectivity index (χ1) is 5.68. The molecule has 3 heteroatoms. The molecule has 61 valence electrons. The Kier molecular flexibility index (Phi) is 2.58. The lowest BCUT2D eigenvalue weighted by atomic mass is 10.2. The van der Waals surface area contributed by atoms with Gasteiger partial charge in [0.2, 0.25) is 0 Å². The van der Waals surface area contributed by atoms with E-state index in [1.165, 1.54) is 18.2 Å². The summed E-state index contributed by atoms with van der Waals surface area (Å²) in [6.07, 6.45) is 2.27. The lowest BCUT2D eigenvalue weighted by Gasteiger charge is -1.90. The summed E-state index contributed by atoms with van der Waals surface area (Å²) < 4.78 is 12.5. The van der Waals surface area contributed by atoms with Crippen LogP contribution in [0.5, 0.6) is 0 Å². The van der Waals surface area contributed by atoms with Gasteiger partial charge in [-0.25, -0.2) is 9.18 Å². The molecule has 0 bridgehead atoms. The number of aliphatic carboxylic acids is 1. The Hall–Kier alpha value is -1.64. The molecule has 12 heavy (non-hydrogen) atoms. The van der Waals surface area contributed by atoms with Crippen LogP contribution in [-0.4, -0.2) is 11.1 Å². The first-order valence-electron chi connectivity index (χ1n) is 3.27. The van der Waals surface area contributed by atoms with Crippen molar-refractivity contribution in [2.24, 2.45) is 0 Å². The molecule has 2 nitrogen and oxygen atoms in total. The van der Waals surface area contributed by atoms with Gasteiger partial charge in [-0.1, -0.05) is 12.1 Å². The van der Waals surface area contributed by atoms with Gasteiger partial charge in [0, 0.05) is 12.1 Å². The van der Waals surface area contributed by atoms with Crippen LogP contribution in [0.1, 0.15) is 5.56 Å². The van der Waals surface area contributed by atoms with Crippen molar-refractivity contribution in [2.75, 3.05) is 0 Å². The summed E-state index contributed by atoms with van der Waals surface area (Å²) in [5, 5.41) is 8.26. The van der Waals surface area contributed by atoms with Gasteiger partial charge in [0.25, 0.3) is 0 Å². The average molecular weight is 165 g/mol. The summed E-state index contributed by atoms with van der Waals surface area (Å²) in [6.45, 7) is 0. The van der Waals surface area contributed by atoms with Gasteiger partial charge in [0.15, 0.2) is 0 Å². The molecular weight excluding hydrogens is 159 g/mol. The van der Waals surface area contributed by atoms with Crippen molar-refractivity contribution in [3.05, 3.63) is 41.7 Å². The van der Waals surface area contributed by atoms with Crippen LogP contribution in [0, 0.1) is 11.9 Å². The quantitative estimate of drug-likeness (QED) is 0.677. The van der Waals surface area contributed by atoms with Crippen molar-refractivity contribution in [1.82, 2.24) is 0 Å². The maximum absolute atomic E-state index is 12.5. The van der Waals surface area contributed by atoms with Gasteiger partial charge in [-0.15, -0.1) is 0 Å². The van der Waals surface area contributed by atoms with Crippen LogP contribution in [0.3, 0.4) is 0 Å². The highest BCUT2D eigenvalue weighted by Crippen LogP contribution is 2.04. The highest BCUT2D eigenvalue weighted by Gasteiger charge is 1.91. The smallest absolute Gasteiger partial charge is 0.328 e. The molecule has 0 aliphatic carbocycles. The first-order valence-corrected chi connectivity index (χ1v) is 3.27. The minimum atomic E-state index is -1.05. The zero-order valence-electron chi connectivity index (χ0n) is 6.12. The fourth-order valence-electron chi connectivity index (χ4n) is 0.725. The second kappa shape index (κ2) is 3.67. The zero-order valence-corrected chi connectivity index (χ0v) is 6.12. The Morgan fingerprint density at radius 2 is 2.42 bits per heavy atom. The van der Waals surface area contributed by atoms with Gasteiger partial charge < -0.3 is 5.11 Å². The van der Waals surface area contributed by atoms with Gasteiger partial charge in [-0.2, -0.15) is 0 Å². The van der Waals surface area contributed by atoms with E-state index in [9.17, 15) is 9.18 Å². The second-order valence-electron chi connectivity index (χ2n) is 2.14. The summed E-state index contributed by atoms with van der Waals surface area (Å²) in [6, 6.07) is 6.49. The molecule has 1 radical (unpaired) electrons. The number of carboxylic acid groups (broad SMARTS) is 1. The summed E-state index contributed by atoms with van der Waals surface area (Å²) in [5.41, 5.74) is 0.508. The van der Waals surface area contributed by atoms with Crippen molar-refractivity contribution in [3.8, 4) is 0 Å². The molecule has 0 aliphatic rings. The van der Waals surface area contributed by atoms with E-state index in [0.717, 1.165) is 6.08 Å². The third kappa shape index (κ3) is 2.54. The second-order valence-corrected chi connectivity index (χ2v) is 2.14. The average Bonchev–Trinajstić information content (AvgIpc) is 2.01. The number of hydrogen-bond acceptors (Lipinski definition) is 1. The maximum Gasteiger partial charge on any atom is 0.328 e. The zero-order chi connectivity index (χ0) is 8.97. The fourth-order valence-corrected chi connectivity index (χ4v) is 0.725. The van der Waals surface area contributed by atoms with Crippen molar-refractivity contribution >= 4 is 12.0 Å². The highest BCUT2D eigenvalue weighted by molar-refractivity contribution is 5.85. The van der Waals surface area contributed by atoms with E-state index < -0.39 is 11.8 Å². The van der Waals surface area contributed by atoms with Crippen LogP contribution >= 0.6 is 0 Å². The summed E-state index contributed by atoms with van der Waals surface area (Å²) in [7, 11) is 0. The number of carbonyl (C=O) groups is 1. The van der Waals surface area contributed by atoms with Crippen LogP contribution in [0.25, 0.3) is 6.08 Å². The lowest BCUT2D eigenvalue weighted by molar-refractivity contribution is -0.131. The molecular formula is C9H6FO2. The lowest BCUT2D eigenvalue weighted by Crippen LogP contribution is -1.85. The minimum absolute atomic E-state index is 0.498. The van der Waals surface area contributed by atoms with E-state index in [1.54, 1.807) is 6.07 Å². The molecule has 0 fully saturated rings. The fraction of sp³-hybridized carbons (Fsp3) is 0. The van der Waals surface area contributed by atoms with E-state index >= 15 is 0 Å². The number of carboxylic acids is 1. The third-order valence-corrected chi connectivity index (χ3v) is 1.21. The van der Waals surface area contributed by atoms with Crippen LogP contribution in [0.4, 0.5) is 4.39 Å². The van der Waals surface area contributed by atoms with Crippen molar-refractivity contribution in [1.29, 1.82) is 0 Å². The standard InChI is InChI=1S/C9H6FO2/c10-8-3-1-2-7(6-8)4-5-9(11)12/h1-2,4-6H,(H,11,12)/b5-4+. The predicted octanol–water partition coefficient (Wildman–Crippen LogP) is 1.72. The number of rotatable bonds is 2. The first kappa shape index (κ1) is 8.46. The molecule has 0 saturated heterocycles. The monoisotopic (exact) mass is 165 g/mol. The van der Waals surface area contributed by atoms with E-state index in [2.05, 4.69) is 6.07 Å². The Labute approximate surface area is 69.0 Å². The molecule has 0 heterocycles. The van der Waals surface area contributed by atoms with Gasteiger partial charge in [-0.05, 0) is 17.7 Å².